The summed E-state index contributed by atoms with van der Waals surface area (Å²) in [4.78, 5) is 16.7. The molecule has 0 spiro atoms. The number of aromatic nitrogens is 1. The van der Waals surface area contributed by atoms with Crippen LogP contribution in [-0.2, 0) is 0 Å². The van der Waals surface area contributed by atoms with Gasteiger partial charge in [-0.15, -0.1) is 0 Å². The number of rotatable bonds is 4. The minimum atomic E-state index is -0.183. The van der Waals surface area contributed by atoms with Crippen LogP contribution < -0.4 is 10.1 Å². The van der Waals surface area contributed by atoms with Gasteiger partial charge in [0.1, 0.15) is 5.75 Å². The molecule has 3 rings (SSSR count). The van der Waals surface area contributed by atoms with Crippen LogP contribution in [0.3, 0.4) is 0 Å². The van der Waals surface area contributed by atoms with Crippen molar-refractivity contribution < 1.29 is 9.53 Å². The number of hydrogen-bond acceptors (Lipinski definition) is 3. The molecule has 0 aliphatic carbocycles. The summed E-state index contributed by atoms with van der Waals surface area (Å²) in [5, 5.41) is 2.90. The number of nitrogens with one attached hydrogen (secondary N) is 1. The molecule has 0 unspecified atom stereocenters. The molecule has 1 N–H and O–H groups in total. The zero-order valence-corrected chi connectivity index (χ0v) is 13.6. The van der Waals surface area contributed by atoms with Gasteiger partial charge < -0.3 is 10.1 Å². The molecule has 0 bridgehead atoms. The van der Waals surface area contributed by atoms with Crippen molar-refractivity contribution in [2.75, 3.05) is 12.4 Å². The van der Waals surface area contributed by atoms with E-state index in [-0.39, 0.29) is 5.91 Å². The predicted octanol–water partition coefficient (Wildman–Crippen LogP) is 4.32. The maximum atomic E-state index is 12.5. The Morgan fingerprint density at radius 1 is 1.00 bits per heavy atom. The Balaban J connectivity index is 1.85. The first-order valence-corrected chi connectivity index (χ1v) is 7.63. The number of carbonyl (C=O) groups excluding carboxylic acids is 1. The molecule has 24 heavy (non-hydrogen) atoms. The molecule has 1 amide bonds. The Labute approximate surface area is 141 Å². The second-order valence-electron chi connectivity index (χ2n) is 5.52. The predicted molar refractivity (Wildman–Crippen MR) is 95.4 cm³/mol. The van der Waals surface area contributed by atoms with Gasteiger partial charge in [0.15, 0.2) is 0 Å². The molecule has 0 aliphatic rings. The number of benzene rings is 2. The number of pyridine rings is 1. The summed E-state index contributed by atoms with van der Waals surface area (Å²) in [5.74, 6) is 0.583. The smallest absolute Gasteiger partial charge is 0.257 e. The highest BCUT2D eigenvalue weighted by Crippen LogP contribution is 2.24. The molecule has 0 saturated heterocycles. The van der Waals surface area contributed by atoms with Crippen molar-refractivity contribution in [2.24, 2.45) is 0 Å². The lowest BCUT2D eigenvalue weighted by molar-refractivity contribution is 0.102. The Hall–Kier alpha value is -3.14. The van der Waals surface area contributed by atoms with Crippen LogP contribution in [0.25, 0.3) is 11.1 Å². The van der Waals surface area contributed by atoms with E-state index < -0.39 is 0 Å². The van der Waals surface area contributed by atoms with Crippen LogP contribution in [0.4, 0.5) is 5.69 Å². The van der Waals surface area contributed by atoms with Crippen LogP contribution in [-0.4, -0.2) is 18.0 Å². The number of amides is 1. The highest BCUT2D eigenvalue weighted by molar-refractivity contribution is 6.04. The summed E-state index contributed by atoms with van der Waals surface area (Å²) in [5.41, 5.74) is 4.19. The zero-order chi connectivity index (χ0) is 16.9. The minimum Gasteiger partial charge on any atom is -0.497 e. The van der Waals surface area contributed by atoms with Crippen LogP contribution in [0.15, 0.2) is 67.0 Å². The highest BCUT2D eigenvalue weighted by atomic mass is 16.5. The monoisotopic (exact) mass is 318 g/mol. The number of carbonyl (C=O) groups is 1. The van der Waals surface area contributed by atoms with Crippen LogP contribution in [0.1, 0.15) is 15.9 Å². The molecular formula is C20H18N2O2. The van der Waals surface area contributed by atoms with E-state index >= 15 is 0 Å². The molecule has 0 aliphatic heterocycles. The average molecular weight is 318 g/mol. The molecular weight excluding hydrogens is 300 g/mol. The van der Waals surface area contributed by atoms with Gasteiger partial charge in [0.05, 0.1) is 12.7 Å². The molecule has 0 atom stereocenters. The van der Waals surface area contributed by atoms with Crippen LogP contribution in [0, 0.1) is 6.92 Å². The van der Waals surface area contributed by atoms with Crippen molar-refractivity contribution in [1.29, 1.82) is 0 Å². The second-order valence-corrected chi connectivity index (χ2v) is 5.52. The number of anilines is 1. The highest BCUT2D eigenvalue weighted by Gasteiger charge is 2.09. The molecule has 120 valence electrons. The minimum absolute atomic E-state index is 0.183. The van der Waals surface area contributed by atoms with Crippen LogP contribution >= 0.6 is 0 Å². The molecule has 4 heteroatoms. The third-order valence-electron chi connectivity index (χ3n) is 3.68. The summed E-state index contributed by atoms with van der Waals surface area (Å²) in [7, 11) is 1.63. The molecule has 0 radical (unpaired) electrons. The molecule has 4 nitrogen and oxygen atoms in total. The molecule has 1 aromatic heterocycles. The van der Waals surface area contributed by atoms with E-state index in [1.54, 1.807) is 19.5 Å². The fraction of sp³-hybridized carbons (Fsp3) is 0.100. The van der Waals surface area contributed by atoms with E-state index in [2.05, 4.69) is 10.3 Å². The summed E-state index contributed by atoms with van der Waals surface area (Å²) in [6, 6.07) is 17.2. The van der Waals surface area contributed by atoms with Gasteiger partial charge in [-0.2, -0.15) is 0 Å². The average Bonchev–Trinajstić information content (AvgIpc) is 2.62. The number of methoxy groups -OCH3 is 1. The van der Waals surface area contributed by atoms with Crippen molar-refractivity contribution in [3.63, 3.8) is 0 Å². The summed E-state index contributed by atoms with van der Waals surface area (Å²) < 4.78 is 5.24. The lowest BCUT2D eigenvalue weighted by Crippen LogP contribution is -2.12. The van der Waals surface area contributed by atoms with Gasteiger partial charge in [-0.25, -0.2) is 0 Å². The fourth-order valence-corrected chi connectivity index (χ4v) is 2.45. The van der Waals surface area contributed by atoms with Crippen molar-refractivity contribution in [1.82, 2.24) is 4.98 Å². The first kappa shape index (κ1) is 15.7. The van der Waals surface area contributed by atoms with E-state index in [1.807, 2.05) is 61.5 Å². The Kier molecular flexibility index (Phi) is 4.57. The van der Waals surface area contributed by atoms with Gasteiger partial charge in [0.25, 0.3) is 5.91 Å². The van der Waals surface area contributed by atoms with Gasteiger partial charge in [-0.05, 0) is 48.4 Å². The van der Waals surface area contributed by atoms with E-state index in [9.17, 15) is 4.79 Å². The van der Waals surface area contributed by atoms with Crippen LogP contribution in [0.2, 0.25) is 0 Å². The van der Waals surface area contributed by atoms with E-state index in [4.69, 9.17) is 4.74 Å². The first-order chi connectivity index (χ1) is 11.7. The molecule has 0 fully saturated rings. The standard InChI is InChI=1S/C20H18N2O2/c1-14-5-3-7-18(9-14)22-20(23)17-10-16(12-21-13-17)15-6-4-8-19(11-15)24-2/h3-13H,1-2H3,(H,22,23). The Morgan fingerprint density at radius 3 is 2.62 bits per heavy atom. The number of hydrogen-bond donors (Lipinski definition) is 1. The lowest BCUT2D eigenvalue weighted by Gasteiger charge is -2.08. The topological polar surface area (TPSA) is 51.2 Å². The van der Waals surface area contributed by atoms with Gasteiger partial charge in [-0.1, -0.05) is 24.3 Å². The summed E-state index contributed by atoms with van der Waals surface area (Å²) >= 11 is 0. The quantitative estimate of drug-likeness (QED) is 0.779. The SMILES string of the molecule is COc1cccc(-c2cncc(C(=O)Nc3cccc(C)c3)c2)c1. The molecule has 3 aromatic rings. The third kappa shape index (κ3) is 3.60. The normalized spacial score (nSPS) is 10.2. The van der Waals surface area contributed by atoms with Crippen molar-refractivity contribution >= 4 is 11.6 Å². The first-order valence-electron chi connectivity index (χ1n) is 7.63. The van der Waals surface area contributed by atoms with Crippen LogP contribution in [0.5, 0.6) is 5.75 Å². The Bertz CT molecular complexity index is 875. The van der Waals surface area contributed by atoms with Gasteiger partial charge >= 0.3 is 0 Å². The van der Waals surface area contributed by atoms with Gasteiger partial charge in [-0.3, -0.25) is 9.78 Å². The van der Waals surface area contributed by atoms with E-state index in [0.717, 1.165) is 28.1 Å². The fourth-order valence-electron chi connectivity index (χ4n) is 2.45. The van der Waals surface area contributed by atoms with Crippen molar-refractivity contribution in [2.45, 2.75) is 6.92 Å². The Morgan fingerprint density at radius 2 is 1.83 bits per heavy atom. The van der Waals surface area contributed by atoms with E-state index in [1.165, 1.54) is 0 Å². The summed E-state index contributed by atoms with van der Waals surface area (Å²) in [6.07, 6.45) is 3.30. The largest absolute Gasteiger partial charge is 0.497 e. The molecule has 2 aromatic carbocycles. The van der Waals surface area contributed by atoms with Crippen molar-refractivity contribution in [3.05, 3.63) is 78.1 Å². The maximum Gasteiger partial charge on any atom is 0.257 e. The lowest BCUT2D eigenvalue weighted by atomic mass is 10.1. The van der Waals surface area contributed by atoms with Gasteiger partial charge in [0, 0.05) is 23.6 Å². The van der Waals surface area contributed by atoms with E-state index in [0.29, 0.717) is 5.56 Å². The van der Waals surface area contributed by atoms with Gasteiger partial charge in [0.2, 0.25) is 0 Å². The second kappa shape index (κ2) is 6.96. The molecule has 0 saturated carbocycles. The third-order valence-corrected chi connectivity index (χ3v) is 3.68. The number of ether oxygens (including phenoxy) is 1. The zero-order valence-electron chi connectivity index (χ0n) is 13.6. The van der Waals surface area contributed by atoms with Crippen molar-refractivity contribution in [3.8, 4) is 16.9 Å². The number of nitrogens with zero attached hydrogens (tertiary/aromatic N) is 1. The number of aryl methyl sites for hydroxylation is 1. The summed E-state index contributed by atoms with van der Waals surface area (Å²) in [6.45, 7) is 1.99. The molecule has 1 heterocycles. The maximum absolute atomic E-state index is 12.5.